The molecule has 6 nitrogen and oxygen atoms in total. The summed E-state index contributed by atoms with van der Waals surface area (Å²) in [5.74, 6) is 1.60. The second kappa shape index (κ2) is 9.66. The highest BCUT2D eigenvalue weighted by Crippen LogP contribution is 2.41. The van der Waals surface area contributed by atoms with E-state index >= 15 is 0 Å². The first-order valence-corrected chi connectivity index (χ1v) is 9.02. The molecule has 1 fully saturated rings. The fraction of sp³-hybridized carbons (Fsp3) is 0.381. The van der Waals surface area contributed by atoms with Crippen molar-refractivity contribution < 1.29 is 19.0 Å². The minimum Gasteiger partial charge on any atom is -0.493 e. The smallest absolute Gasteiger partial charge is 0.251 e. The van der Waals surface area contributed by atoms with Crippen LogP contribution in [0.15, 0.2) is 36.4 Å². The monoisotopic (exact) mass is 406 g/mol. The average Bonchev–Trinajstić information content (AvgIpc) is 3.11. The number of carbonyl (C=O) groups excluding carboxylic acids is 1. The van der Waals surface area contributed by atoms with Crippen molar-refractivity contribution in [1.29, 1.82) is 0 Å². The Morgan fingerprint density at radius 1 is 1.00 bits per heavy atom. The predicted octanol–water partition coefficient (Wildman–Crippen LogP) is 3.41. The molecule has 2 aromatic rings. The molecule has 3 N–H and O–H groups in total. The molecule has 0 bridgehead atoms. The van der Waals surface area contributed by atoms with Gasteiger partial charge in [0, 0.05) is 17.6 Å². The molecule has 1 aliphatic rings. The third-order valence-electron chi connectivity index (χ3n) is 4.93. The van der Waals surface area contributed by atoms with E-state index in [4.69, 9.17) is 19.9 Å². The minimum atomic E-state index is -0.0802. The lowest BCUT2D eigenvalue weighted by atomic mass is 10.0. The number of methoxy groups -OCH3 is 3. The van der Waals surface area contributed by atoms with E-state index in [-0.39, 0.29) is 30.4 Å². The normalized spacial score (nSPS) is 18.1. The average molecular weight is 407 g/mol. The summed E-state index contributed by atoms with van der Waals surface area (Å²) in [6.45, 7) is 0. The van der Waals surface area contributed by atoms with Gasteiger partial charge >= 0.3 is 0 Å². The van der Waals surface area contributed by atoms with E-state index in [1.807, 2.05) is 36.4 Å². The minimum absolute atomic E-state index is 0. The Balaban J connectivity index is 0.00000280. The zero-order valence-electron chi connectivity index (χ0n) is 16.4. The third-order valence-corrected chi connectivity index (χ3v) is 4.93. The zero-order valence-corrected chi connectivity index (χ0v) is 17.2. The maximum Gasteiger partial charge on any atom is 0.251 e. The number of carbonyl (C=O) groups is 1. The largest absolute Gasteiger partial charge is 0.493 e. The molecule has 152 valence electrons. The van der Waals surface area contributed by atoms with Crippen LogP contribution in [-0.4, -0.2) is 39.3 Å². The summed E-state index contributed by atoms with van der Waals surface area (Å²) in [6.07, 6.45) is 2.72. The summed E-state index contributed by atoms with van der Waals surface area (Å²) in [5.41, 5.74) is 8.32. The molecule has 0 saturated heterocycles. The summed E-state index contributed by atoms with van der Waals surface area (Å²) >= 11 is 0. The van der Waals surface area contributed by atoms with Crippen LogP contribution in [0.2, 0.25) is 0 Å². The van der Waals surface area contributed by atoms with Crippen molar-refractivity contribution in [2.75, 3.05) is 21.3 Å². The number of hydrogen-bond acceptors (Lipinski definition) is 5. The molecule has 0 aromatic heterocycles. The second-order valence-electron chi connectivity index (χ2n) is 6.74. The standard InChI is InChI=1S/C21H26N2O4.ClH/c1-25-18-10-15(11-19(26-2)20(18)27-3)13-5-4-6-14(9-13)21(24)23-17-8-7-16(22)12-17;/h4-6,9-11,16-17H,7-8,12,22H2,1-3H3,(H,23,24);1H/t16-,17+;/m1./s1. The van der Waals surface area contributed by atoms with Crippen LogP contribution in [0.3, 0.4) is 0 Å². The highest BCUT2D eigenvalue weighted by molar-refractivity contribution is 5.95. The quantitative estimate of drug-likeness (QED) is 0.768. The molecule has 7 heteroatoms. The second-order valence-corrected chi connectivity index (χ2v) is 6.74. The molecule has 0 aliphatic heterocycles. The molecule has 3 rings (SSSR count). The predicted molar refractivity (Wildman–Crippen MR) is 112 cm³/mol. The summed E-state index contributed by atoms with van der Waals surface area (Å²) < 4.78 is 16.2. The van der Waals surface area contributed by atoms with Gasteiger partial charge < -0.3 is 25.3 Å². The Morgan fingerprint density at radius 3 is 2.21 bits per heavy atom. The number of nitrogens with two attached hydrogens (primary N) is 1. The van der Waals surface area contributed by atoms with Gasteiger partial charge in [0.1, 0.15) is 0 Å². The number of ether oxygens (including phenoxy) is 3. The molecule has 2 atom stereocenters. The molecule has 0 spiro atoms. The first kappa shape index (κ1) is 21.9. The van der Waals surface area contributed by atoms with Crippen molar-refractivity contribution in [1.82, 2.24) is 5.32 Å². The van der Waals surface area contributed by atoms with Crippen LogP contribution in [0.25, 0.3) is 11.1 Å². The molecular weight excluding hydrogens is 380 g/mol. The number of benzene rings is 2. The lowest BCUT2D eigenvalue weighted by Gasteiger charge is -2.15. The number of hydrogen-bond donors (Lipinski definition) is 2. The SMILES string of the molecule is COc1cc(-c2cccc(C(=O)N[C@H]3CC[C@@H](N)C3)c2)cc(OC)c1OC.Cl. The molecule has 28 heavy (non-hydrogen) atoms. The van der Waals surface area contributed by atoms with Crippen LogP contribution in [0.1, 0.15) is 29.6 Å². The highest BCUT2D eigenvalue weighted by atomic mass is 35.5. The van der Waals surface area contributed by atoms with Crippen molar-refractivity contribution in [3.05, 3.63) is 42.0 Å². The van der Waals surface area contributed by atoms with Gasteiger partial charge in [0.05, 0.1) is 21.3 Å². The maximum absolute atomic E-state index is 12.6. The topological polar surface area (TPSA) is 82.8 Å². The van der Waals surface area contributed by atoms with Gasteiger partial charge in [-0.15, -0.1) is 12.4 Å². The van der Waals surface area contributed by atoms with Gasteiger partial charge in [-0.3, -0.25) is 4.79 Å². The van der Waals surface area contributed by atoms with Gasteiger partial charge in [-0.05, 0) is 54.7 Å². The molecule has 0 radical (unpaired) electrons. The molecule has 1 aliphatic carbocycles. The van der Waals surface area contributed by atoms with Crippen LogP contribution in [-0.2, 0) is 0 Å². The maximum atomic E-state index is 12.6. The van der Waals surface area contributed by atoms with E-state index in [2.05, 4.69) is 5.32 Å². The number of amides is 1. The van der Waals surface area contributed by atoms with Gasteiger partial charge in [-0.25, -0.2) is 0 Å². The van der Waals surface area contributed by atoms with E-state index < -0.39 is 0 Å². The molecule has 0 unspecified atom stereocenters. The number of rotatable bonds is 6. The summed E-state index contributed by atoms with van der Waals surface area (Å²) in [4.78, 5) is 12.6. The van der Waals surface area contributed by atoms with E-state index in [1.54, 1.807) is 21.3 Å². The lowest BCUT2D eigenvalue weighted by molar-refractivity contribution is 0.0937. The third kappa shape index (κ3) is 4.69. The van der Waals surface area contributed by atoms with Gasteiger partial charge in [-0.1, -0.05) is 12.1 Å². The Bertz CT molecular complexity index is 803. The Hall–Kier alpha value is -2.44. The highest BCUT2D eigenvalue weighted by Gasteiger charge is 2.23. The van der Waals surface area contributed by atoms with Crippen LogP contribution >= 0.6 is 12.4 Å². The van der Waals surface area contributed by atoms with Crippen molar-refractivity contribution in [3.8, 4) is 28.4 Å². The van der Waals surface area contributed by atoms with E-state index in [9.17, 15) is 4.79 Å². The van der Waals surface area contributed by atoms with E-state index in [1.165, 1.54) is 0 Å². The van der Waals surface area contributed by atoms with Crippen LogP contribution in [0.4, 0.5) is 0 Å². The molecule has 1 amide bonds. The van der Waals surface area contributed by atoms with Gasteiger partial charge in [0.2, 0.25) is 5.75 Å². The van der Waals surface area contributed by atoms with Crippen LogP contribution in [0, 0.1) is 0 Å². The van der Waals surface area contributed by atoms with Crippen molar-refractivity contribution in [3.63, 3.8) is 0 Å². The number of nitrogens with one attached hydrogen (secondary N) is 1. The fourth-order valence-corrected chi connectivity index (χ4v) is 3.50. The Morgan fingerprint density at radius 2 is 1.68 bits per heavy atom. The molecule has 2 aromatic carbocycles. The van der Waals surface area contributed by atoms with Gasteiger partial charge in [0.25, 0.3) is 5.91 Å². The first-order valence-electron chi connectivity index (χ1n) is 9.02. The van der Waals surface area contributed by atoms with Gasteiger partial charge in [-0.2, -0.15) is 0 Å². The van der Waals surface area contributed by atoms with Crippen molar-refractivity contribution in [2.24, 2.45) is 5.73 Å². The van der Waals surface area contributed by atoms with E-state index in [0.717, 1.165) is 30.4 Å². The summed E-state index contributed by atoms with van der Waals surface area (Å²) in [7, 11) is 4.73. The first-order chi connectivity index (χ1) is 13.0. The van der Waals surface area contributed by atoms with Crippen LogP contribution < -0.4 is 25.3 Å². The van der Waals surface area contributed by atoms with Gasteiger partial charge in [0.15, 0.2) is 11.5 Å². The number of halogens is 1. The lowest BCUT2D eigenvalue weighted by Crippen LogP contribution is -2.34. The van der Waals surface area contributed by atoms with E-state index in [0.29, 0.717) is 22.8 Å². The molecular formula is C21H27ClN2O4. The van der Waals surface area contributed by atoms with Crippen molar-refractivity contribution in [2.45, 2.75) is 31.3 Å². The molecule has 1 saturated carbocycles. The Labute approximate surface area is 171 Å². The summed E-state index contributed by atoms with van der Waals surface area (Å²) in [6, 6.07) is 11.6. The zero-order chi connectivity index (χ0) is 19.4. The summed E-state index contributed by atoms with van der Waals surface area (Å²) in [5, 5.41) is 3.08. The molecule has 0 heterocycles. The van der Waals surface area contributed by atoms with Crippen LogP contribution in [0.5, 0.6) is 17.2 Å². The fourth-order valence-electron chi connectivity index (χ4n) is 3.50. The van der Waals surface area contributed by atoms with Crippen molar-refractivity contribution >= 4 is 18.3 Å². The Kier molecular flexibility index (Phi) is 7.54.